The Balaban J connectivity index is 2.06. The number of hydrogen-bond acceptors (Lipinski definition) is 4. The van der Waals surface area contributed by atoms with Gasteiger partial charge in [-0.05, 0) is 83.3 Å². The van der Waals surface area contributed by atoms with Crippen molar-refractivity contribution in [3.63, 3.8) is 0 Å². The third kappa shape index (κ3) is 6.59. The third-order valence-corrected chi connectivity index (χ3v) is 6.83. The topological polar surface area (TPSA) is 62.7 Å². The molecular formula is C29H42N2O3. The Labute approximate surface area is 205 Å². The number of aromatic nitrogens is 1. The zero-order valence-electron chi connectivity index (χ0n) is 22.1. The summed E-state index contributed by atoms with van der Waals surface area (Å²) in [5, 5.41) is 10.2. The highest BCUT2D eigenvalue weighted by Gasteiger charge is 2.36. The largest absolute Gasteiger partial charge is 0.479 e. The minimum absolute atomic E-state index is 0.301. The van der Waals surface area contributed by atoms with Crippen molar-refractivity contribution in [1.82, 2.24) is 4.98 Å². The minimum atomic E-state index is -1.05. The van der Waals surface area contributed by atoms with E-state index in [9.17, 15) is 9.90 Å². The maximum absolute atomic E-state index is 12.5. The van der Waals surface area contributed by atoms with Crippen LogP contribution >= 0.6 is 0 Å². The first kappa shape index (κ1) is 26.2. The van der Waals surface area contributed by atoms with Crippen LogP contribution in [0.5, 0.6) is 0 Å². The molecule has 186 valence electrons. The Morgan fingerprint density at radius 1 is 1.09 bits per heavy atom. The molecule has 1 aliphatic heterocycles. The number of rotatable bonds is 8. The Kier molecular flexibility index (Phi) is 8.07. The molecule has 1 aromatic heterocycles. The number of anilines is 1. The summed E-state index contributed by atoms with van der Waals surface area (Å²) in [4.78, 5) is 19.7. The zero-order valence-corrected chi connectivity index (χ0v) is 22.1. The number of nitrogens with zero attached hydrogens (tertiary/aromatic N) is 2. The van der Waals surface area contributed by atoms with Gasteiger partial charge in [0.25, 0.3) is 0 Å². The molecule has 0 spiro atoms. The molecule has 0 aliphatic carbocycles. The van der Waals surface area contributed by atoms with Crippen LogP contribution in [0.4, 0.5) is 5.69 Å². The second-order valence-corrected chi connectivity index (χ2v) is 11.5. The fourth-order valence-corrected chi connectivity index (χ4v) is 4.89. The smallest absolute Gasteiger partial charge is 0.337 e. The number of aryl methyl sites for hydroxylation is 3. The molecule has 1 aliphatic rings. The van der Waals surface area contributed by atoms with Crippen molar-refractivity contribution in [3.05, 3.63) is 58.4 Å². The van der Waals surface area contributed by atoms with Crippen LogP contribution in [0, 0.1) is 19.3 Å². The molecular weight excluding hydrogens is 424 g/mol. The first-order valence-corrected chi connectivity index (χ1v) is 12.6. The SMILES string of the molecule is Cc1nc(C)c(C(OC(C)(C)C)C(=O)O)c(N2CCC(C)(C)CC2)c1CCCc1ccccc1. The number of hydrogen-bond donors (Lipinski definition) is 1. The molecule has 1 saturated heterocycles. The van der Waals surface area contributed by atoms with Crippen molar-refractivity contribution in [2.45, 2.75) is 92.3 Å². The van der Waals surface area contributed by atoms with Gasteiger partial charge in [0.05, 0.1) is 5.60 Å². The molecule has 0 radical (unpaired) electrons. The van der Waals surface area contributed by atoms with E-state index >= 15 is 0 Å². The highest BCUT2D eigenvalue weighted by Crippen LogP contribution is 2.41. The van der Waals surface area contributed by atoms with Crippen LogP contribution in [-0.2, 0) is 22.4 Å². The summed E-state index contributed by atoms with van der Waals surface area (Å²) < 4.78 is 6.14. The van der Waals surface area contributed by atoms with Gasteiger partial charge in [0.15, 0.2) is 6.10 Å². The molecule has 1 unspecified atom stereocenters. The highest BCUT2D eigenvalue weighted by atomic mass is 16.5. The van der Waals surface area contributed by atoms with Gasteiger partial charge >= 0.3 is 5.97 Å². The van der Waals surface area contributed by atoms with E-state index in [1.165, 1.54) is 11.1 Å². The van der Waals surface area contributed by atoms with E-state index in [0.29, 0.717) is 5.41 Å². The summed E-state index contributed by atoms with van der Waals surface area (Å²) in [6.45, 7) is 16.2. The second kappa shape index (κ2) is 10.5. The number of benzene rings is 1. The van der Waals surface area contributed by atoms with Gasteiger partial charge in [-0.25, -0.2) is 4.79 Å². The van der Waals surface area contributed by atoms with Gasteiger partial charge in [-0.2, -0.15) is 0 Å². The monoisotopic (exact) mass is 466 g/mol. The first-order valence-electron chi connectivity index (χ1n) is 12.6. The van der Waals surface area contributed by atoms with Crippen LogP contribution in [0.3, 0.4) is 0 Å². The van der Waals surface area contributed by atoms with Crippen molar-refractivity contribution in [3.8, 4) is 0 Å². The Morgan fingerprint density at radius 3 is 2.26 bits per heavy atom. The lowest BCUT2D eigenvalue weighted by molar-refractivity contribution is -0.160. The summed E-state index contributed by atoms with van der Waals surface area (Å²) in [5.41, 5.74) is 5.72. The summed E-state index contributed by atoms with van der Waals surface area (Å²) in [5.74, 6) is -0.961. The average Bonchev–Trinajstić information content (AvgIpc) is 2.74. The normalized spacial score (nSPS) is 17.0. The van der Waals surface area contributed by atoms with E-state index in [1.807, 2.05) is 33.8 Å². The lowest BCUT2D eigenvalue weighted by Gasteiger charge is -2.41. The van der Waals surface area contributed by atoms with E-state index in [4.69, 9.17) is 9.72 Å². The molecule has 0 amide bonds. The highest BCUT2D eigenvalue weighted by molar-refractivity contribution is 5.79. The molecule has 0 bridgehead atoms. The van der Waals surface area contributed by atoms with Crippen molar-refractivity contribution in [2.75, 3.05) is 18.0 Å². The van der Waals surface area contributed by atoms with Gasteiger partial charge in [-0.15, -0.1) is 0 Å². The van der Waals surface area contributed by atoms with Crippen LogP contribution in [0.25, 0.3) is 0 Å². The molecule has 34 heavy (non-hydrogen) atoms. The molecule has 5 heteroatoms. The molecule has 1 aromatic carbocycles. The Hall–Kier alpha value is -2.40. The molecule has 1 N–H and O–H groups in total. The second-order valence-electron chi connectivity index (χ2n) is 11.5. The first-order chi connectivity index (χ1) is 15.9. The fraction of sp³-hybridized carbons (Fsp3) is 0.586. The maximum atomic E-state index is 12.5. The summed E-state index contributed by atoms with van der Waals surface area (Å²) >= 11 is 0. The molecule has 0 saturated carbocycles. The summed E-state index contributed by atoms with van der Waals surface area (Å²) in [6.07, 6.45) is 3.93. The van der Waals surface area contributed by atoms with Crippen LogP contribution in [-0.4, -0.2) is 34.8 Å². The maximum Gasteiger partial charge on any atom is 0.337 e. The summed E-state index contributed by atoms with van der Waals surface area (Å²) in [6, 6.07) is 10.5. The van der Waals surface area contributed by atoms with E-state index in [2.05, 4.69) is 49.9 Å². The average molecular weight is 467 g/mol. The number of carboxylic acids is 1. The van der Waals surface area contributed by atoms with Crippen molar-refractivity contribution < 1.29 is 14.6 Å². The number of carbonyl (C=O) groups is 1. The third-order valence-electron chi connectivity index (χ3n) is 6.83. The Bertz CT molecular complexity index is 983. The number of aliphatic carboxylic acids is 1. The lowest BCUT2D eigenvalue weighted by Crippen LogP contribution is -2.39. The fourth-order valence-electron chi connectivity index (χ4n) is 4.89. The van der Waals surface area contributed by atoms with Crippen LogP contribution in [0.15, 0.2) is 30.3 Å². The van der Waals surface area contributed by atoms with Crippen molar-refractivity contribution in [2.24, 2.45) is 5.41 Å². The number of ether oxygens (including phenoxy) is 1. The van der Waals surface area contributed by atoms with Gasteiger partial charge in [0.1, 0.15) is 0 Å². The van der Waals surface area contributed by atoms with E-state index in [-0.39, 0.29) is 0 Å². The molecule has 1 atom stereocenters. The molecule has 2 heterocycles. The van der Waals surface area contributed by atoms with E-state index < -0.39 is 17.7 Å². The van der Waals surface area contributed by atoms with Gasteiger partial charge < -0.3 is 14.7 Å². The predicted octanol–water partition coefficient (Wildman–Crippen LogP) is 6.44. The lowest BCUT2D eigenvalue weighted by atomic mass is 9.82. The van der Waals surface area contributed by atoms with E-state index in [0.717, 1.165) is 67.8 Å². The van der Waals surface area contributed by atoms with Gasteiger partial charge in [-0.3, -0.25) is 4.98 Å². The molecule has 1 fully saturated rings. The Morgan fingerprint density at radius 2 is 1.71 bits per heavy atom. The predicted molar refractivity (Wildman–Crippen MR) is 139 cm³/mol. The number of carboxylic acid groups (broad SMARTS) is 1. The van der Waals surface area contributed by atoms with Crippen molar-refractivity contribution >= 4 is 11.7 Å². The van der Waals surface area contributed by atoms with Crippen LogP contribution in [0.1, 0.15) is 88.1 Å². The number of pyridine rings is 1. The van der Waals surface area contributed by atoms with Crippen LogP contribution < -0.4 is 4.90 Å². The van der Waals surface area contributed by atoms with Gasteiger partial charge in [0, 0.05) is 35.7 Å². The minimum Gasteiger partial charge on any atom is -0.479 e. The molecule has 5 nitrogen and oxygen atoms in total. The van der Waals surface area contributed by atoms with Crippen LogP contribution in [0.2, 0.25) is 0 Å². The molecule has 2 aromatic rings. The summed E-state index contributed by atoms with van der Waals surface area (Å²) in [7, 11) is 0. The van der Waals surface area contributed by atoms with E-state index in [1.54, 1.807) is 0 Å². The van der Waals surface area contributed by atoms with Crippen molar-refractivity contribution in [1.29, 1.82) is 0 Å². The quantitative estimate of drug-likeness (QED) is 0.485. The molecule has 3 rings (SSSR count). The van der Waals surface area contributed by atoms with Gasteiger partial charge in [0.2, 0.25) is 0 Å². The van der Waals surface area contributed by atoms with Gasteiger partial charge in [-0.1, -0.05) is 44.2 Å². The number of piperidine rings is 1. The standard InChI is InChI=1S/C29H42N2O3/c1-20-23(15-11-14-22-12-9-8-10-13-22)25(31-18-16-29(6,7)17-19-31)24(21(2)30-20)26(27(32)33)34-28(3,4)5/h8-10,12-13,26H,11,14-19H2,1-7H3,(H,32,33). The zero-order chi connectivity index (χ0) is 25.1.